The van der Waals surface area contributed by atoms with Crippen LogP contribution in [0.2, 0.25) is 0 Å². The summed E-state index contributed by atoms with van der Waals surface area (Å²) in [4.78, 5) is 9.77. The summed E-state index contributed by atoms with van der Waals surface area (Å²) in [7, 11) is 0. The second kappa shape index (κ2) is 6.05. The molecule has 0 saturated carbocycles. The molecule has 0 amide bonds. The van der Waals surface area contributed by atoms with Gasteiger partial charge in [0.25, 0.3) is 5.69 Å². The molecular formula is C11H15FN2O2. The SMILES string of the molecule is CCCCCNc1ccc([N+](=O)[O-])cc1F. The summed E-state index contributed by atoms with van der Waals surface area (Å²) in [6, 6.07) is 3.63. The van der Waals surface area contributed by atoms with Crippen molar-refractivity contribution in [2.24, 2.45) is 0 Å². The van der Waals surface area contributed by atoms with E-state index in [1.54, 1.807) is 0 Å². The van der Waals surface area contributed by atoms with Crippen molar-refractivity contribution in [2.75, 3.05) is 11.9 Å². The Morgan fingerprint density at radius 3 is 2.75 bits per heavy atom. The van der Waals surface area contributed by atoms with E-state index in [9.17, 15) is 14.5 Å². The number of benzene rings is 1. The van der Waals surface area contributed by atoms with Crippen molar-refractivity contribution < 1.29 is 9.31 Å². The van der Waals surface area contributed by atoms with E-state index in [1.165, 1.54) is 12.1 Å². The molecule has 0 spiro atoms. The molecule has 4 nitrogen and oxygen atoms in total. The molecule has 0 aliphatic rings. The molecule has 1 aromatic carbocycles. The lowest BCUT2D eigenvalue weighted by atomic mass is 10.2. The number of unbranched alkanes of at least 4 members (excludes halogenated alkanes) is 2. The summed E-state index contributed by atoms with van der Waals surface area (Å²) in [6.45, 7) is 2.77. The number of anilines is 1. The molecule has 0 radical (unpaired) electrons. The first-order valence-electron chi connectivity index (χ1n) is 5.33. The third-order valence-corrected chi connectivity index (χ3v) is 2.26. The van der Waals surface area contributed by atoms with Crippen LogP contribution in [0.4, 0.5) is 15.8 Å². The van der Waals surface area contributed by atoms with Gasteiger partial charge in [0.1, 0.15) is 0 Å². The molecule has 88 valence electrons. The fourth-order valence-electron chi connectivity index (χ4n) is 1.36. The fourth-order valence-corrected chi connectivity index (χ4v) is 1.36. The second-order valence-electron chi connectivity index (χ2n) is 3.56. The zero-order valence-corrected chi connectivity index (χ0v) is 9.20. The van der Waals surface area contributed by atoms with Gasteiger partial charge in [0, 0.05) is 12.6 Å². The van der Waals surface area contributed by atoms with Crippen LogP contribution in [0.1, 0.15) is 26.2 Å². The number of nitrogens with zero attached hydrogens (tertiary/aromatic N) is 1. The van der Waals surface area contributed by atoms with E-state index in [0.717, 1.165) is 25.3 Å². The number of halogens is 1. The molecule has 1 rings (SSSR count). The molecular weight excluding hydrogens is 211 g/mol. The van der Waals surface area contributed by atoms with Crippen LogP contribution in [-0.4, -0.2) is 11.5 Å². The third kappa shape index (κ3) is 3.49. The Morgan fingerprint density at radius 2 is 2.19 bits per heavy atom. The Labute approximate surface area is 93.6 Å². The second-order valence-corrected chi connectivity index (χ2v) is 3.56. The first-order valence-corrected chi connectivity index (χ1v) is 5.33. The van der Waals surface area contributed by atoms with Gasteiger partial charge in [0.2, 0.25) is 0 Å². The van der Waals surface area contributed by atoms with Crippen LogP contribution in [-0.2, 0) is 0 Å². The van der Waals surface area contributed by atoms with Crippen molar-refractivity contribution in [2.45, 2.75) is 26.2 Å². The number of hydrogen-bond donors (Lipinski definition) is 1. The average Bonchev–Trinajstić information content (AvgIpc) is 2.26. The highest BCUT2D eigenvalue weighted by Gasteiger charge is 2.09. The standard InChI is InChI=1S/C11H15FN2O2/c1-2-3-4-7-13-11-6-5-9(14(15)16)8-10(11)12/h5-6,8,13H,2-4,7H2,1H3. The Kier molecular flexibility index (Phi) is 4.69. The van der Waals surface area contributed by atoms with Crippen molar-refractivity contribution in [1.82, 2.24) is 0 Å². The Bertz CT molecular complexity index is 369. The molecule has 0 heterocycles. The first kappa shape index (κ1) is 12.4. The van der Waals surface area contributed by atoms with E-state index in [4.69, 9.17) is 0 Å². The van der Waals surface area contributed by atoms with Crippen LogP contribution < -0.4 is 5.32 Å². The van der Waals surface area contributed by atoms with Gasteiger partial charge in [-0.05, 0) is 12.5 Å². The van der Waals surface area contributed by atoms with Gasteiger partial charge in [0.15, 0.2) is 5.82 Å². The smallest absolute Gasteiger partial charge is 0.272 e. The normalized spacial score (nSPS) is 10.1. The van der Waals surface area contributed by atoms with E-state index in [1.807, 2.05) is 0 Å². The fraction of sp³-hybridized carbons (Fsp3) is 0.455. The molecule has 1 N–H and O–H groups in total. The summed E-state index contributed by atoms with van der Waals surface area (Å²) in [5.74, 6) is -0.578. The van der Waals surface area contributed by atoms with Gasteiger partial charge in [-0.25, -0.2) is 4.39 Å². The van der Waals surface area contributed by atoms with E-state index < -0.39 is 10.7 Å². The zero-order valence-electron chi connectivity index (χ0n) is 9.20. The highest BCUT2D eigenvalue weighted by molar-refractivity contribution is 5.49. The molecule has 0 unspecified atom stereocenters. The third-order valence-electron chi connectivity index (χ3n) is 2.26. The van der Waals surface area contributed by atoms with Crippen LogP contribution in [0, 0.1) is 15.9 Å². The van der Waals surface area contributed by atoms with E-state index in [2.05, 4.69) is 12.2 Å². The van der Waals surface area contributed by atoms with Gasteiger partial charge in [-0.15, -0.1) is 0 Å². The molecule has 0 aliphatic heterocycles. The molecule has 1 aromatic rings. The van der Waals surface area contributed by atoms with Gasteiger partial charge in [-0.2, -0.15) is 0 Å². The van der Waals surface area contributed by atoms with Gasteiger partial charge >= 0.3 is 0 Å². The number of nitrogens with one attached hydrogen (secondary N) is 1. The molecule has 16 heavy (non-hydrogen) atoms. The largest absolute Gasteiger partial charge is 0.383 e. The van der Waals surface area contributed by atoms with E-state index in [-0.39, 0.29) is 5.69 Å². The Balaban J connectivity index is 2.57. The van der Waals surface area contributed by atoms with E-state index >= 15 is 0 Å². The predicted molar refractivity (Wildman–Crippen MR) is 61.1 cm³/mol. The van der Waals surface area contributed by atoms with Gasteiger partial charge in [-0.3, -0.25) is 10.1 Å². The van der Waals surface area contributed by atoms with Crippen molar-refractivity contribution in [3.05, 3.63) is 34.1 Å². The maximum atomic E-state index is 13.4. The highest BCUT2D eigenvalue weighted by atomic mass is 19.1. The average molecular weight is 226 g/mol. The minimum atomic E-state index is -0.607. The van der Waals surface area contributed by atoms with Crippen LogP contribution in [0.15, 0.2) is 18.2 Å². The highest BCUT2D eigenvalue weighted by Crippen LogP contribution is 2.20. The Morgan fingerprint density at radius 1 is 1.44 bits per heavy atom. The summed E-state index contributed by atoms with van der Waals surface area (Å²) in [6.07, 6.45) is 3.15. The zero-order chi connectivity index (χ0) is 12.0. The van der Waals surface area contributed by atoms with Crippen molar-refractivity contribution in [3.63, 3.8) is 0 Å². The van der Waals surface area contributed by atoms with Crippen molar-refractivity contribution in [3.8, 4) is 0 Å². The minimum Gasteiger partial charge on any atom is -0.383 e. The molecule has 5 heteroatoms. The number of rotatable bonds is 6. The number of non-ortho nitro benzene ring substituents is 1. The first-order chi connectivity index (χ1) is 7.65. The lowest BCUT2D eigenvalue weighted by Gasteiger charge is -2.06. The maximum Gasteiger partial charge on any atom is 0.272 e. The predicted octanol–water partition coefficient (Wildman–Crippen LogP) is 3.34. The molecule has 0 bridgehead atoms. The number of nitro groups is 1. The summed E-state index contributed by atoms with van der Waals surface area (Å²) in [5, 5.41) is 13.3. The van der Waals surface area contributed by atoms with E-state index in [0.29, 0.717) is 12.2 Å². The van der Waals surface area contributed by atoms with Crippen molar-refractivity contribution in [1.29, 1.82) is 0 Å². The Hall–Kier alpha value is -1.65. The summed E-state index contributed by atoms with van der Waals surface area (Å²) >= 11 is 0. The summed E-state index contributed by atoms with van der Waals surface area (Å²) in [5.41, 5.74) is 0.0957. The minimum absolute atomic E-state index is 0.225. The quantitative estimate of drug-likeness (QED) is 0.460. The van der Waals surface area contributed by atoms with Crippen LogP contribution >= 0.6 is 0 Å². The van der Waals surface area contributed by atoms with Gasteiger partial charge in [0.05, 0.1) is 16.7 Å². The molecule has 0 saturated heterocycles. The monoisotopic (exact) mass is 226 g/mol. The van der Waals surface area contributed by atoms with Gasteiger partial charge in [-0.1, -0.05) is 19.8 Å². The summed E-state index contributed by atoms with van der Waals surface area (Å²) < 4.78 is 13.4. The molecule has 0 atom stereocenters. The maximum absolute atomic E-state index is 13.4. The van der Waals surface area contributed by atoms with Crippen molar-refractivity contribution >= 4 is 11.4 Å². The topological polar surface area (TPSA) is 55.2 Å². The molecule has 0 aliphatic carbocycles. The van der Waals surface area contributed by atoms with Crippen LogP contribution in [0.25, 0.3) is 0 Å². The number of nitro benzene ring substituents is 1. The van der Waals surface area contributed by atoms with Crippen LogP contribution in [0.5, 0.6) is 0 Å². The molecule has 0 fully saturated rings. The van der Waals surface area contributed by atoms with Crippen LogP contribution in [0.3, 0.4) is 0 Å². The lowest BCUT2D eigenvalue weighted by molar-refractivity contribution is -0.385. The lowest BCUT2D eigenvalue weighted by Crippen LogP contribution is -2.03. The molecule has 0 aromatic heterocycles. The van der Waals surface area contributed by atoms with Gasteiger partial charge < -0.3 is 5.32 Å². The number of hydrogen-bond acceptors (Lipinski definition) is 3.